The summed E-state index contributed by atoms with van der Waals surface area (Å²) in [7, 11) is 0. The van der Waals surface area contributed by atoms with Crippen molar-refractivity contribution in [1.29, 1.82) is 0 Å². The number of nitrogens with one attached hydrogen (secondary N) is 1. The first kappa shape index (κ1) is 8.40. The molecule has 68 valence electrons. The predicted octanol–water partition coefficient (Wildman–Crippen LogP) is 1.10. The average Bonchev–Trinajstić information content (AvgIpc) is 2.61. The summed E-state index contributed by atoms with van der Waals surface area (Å²) in [5, 5.41) is 11.7. The fourth-order valence-corrected chi connectivity index (χ4v) is 1.61. The second kappa shape index (κ2) is 3.68. The summed E-state index contributed by atoms with van der Waals surface area (Å²) in [6.45, 7) is 0.691. The SMILES string of the molecule is OCCNc1ccc2nsnc2c1. The van der Waals surface area contributed by atoms with Crippen LogP contribution in [0.2, 0.25) is 0 Å². The zero-order valence-corrected chi connectivity index (χ0v) is 7.71. The summed E-state index contributed by atoms with van der Waals surface area (Å²) in [6, 6.07) is 5.77. The lowest BCUT2D eigenvalue weighted by Crippen LogP contribution is -2.04. The highest BCUT2D eigenvalue weighted by atomic mass is 32.1. The smallest absolute Gasteiger partial charge is 0.106 e. The Hall–Kier alpha value is -1.20. The van der Waals surface area contributed by atoms with E-state index in [1.807, 2.05) is 18.2 Å². The van der Waals surface area contributed by atoms with Crippen molar-refractivity contribution in [3.8, 4) is 0 Å². The zero-order chi connectivity index (χ0) is 9.10. The lowest BCUT2D eigenvalue weighted by molar-refractivity contribution is 0.311. The van der Waals surface area contributed by atoms with Crippen molar-refractivity contribution in [1.82, 2.24) is 8.75 Å². The van der Waals surface area contributed by atoms with Crippen LogP contribution in [0.15, 0.2) is 18.2 Å². The molecule has 0 aliphatic carbocycles. The number of nitrogens with zero attached hydrogens (tertiary/aromatic N) is 2. The van der Waals surface area contributed by atoms with E-state index < -0.39 is 0 Å². The summed E-state index contributed by atoms with van der Waals surface area (Å²) in [6.07, 6.45) is 0. The molecule has 0 radical (unpaired) electrons. The van der Waals surface area contributed by atoms with Crippen LogP contribution in [-0.4, -0.2) is 27.0 Å². The fourth-order valence-electron chi connectivity index (χ4n) is 1.09. The fraction of sp³-hybridized carbons (Fsp3) is 0.250. The molecule has 2 N–H and O–H groups in total. The molecular weight excluding hydrogens is 186 g/mol. The number of aliphatic hydroxyl groups is 1. The Balaban J connectivity index is 2.26. The minimum Gasteiger partial charge on any atom is -0.395 e. The third-order valence-electron chi connectivity index (χ3n) is 1.69. The molecule has 1 heterocycles. The normalized spacial score (nSPS) is 10.5. The van der Waals surface area contributed by atoms with Gasteiger partial charge in [0.1, 0.15) is 11.0 Å². The van der Waals surface area contributed by atoms with Gasteiger partial charge in [-0.1, -0.05) is 0 Å². The van der Waals surface area contributed by atoms with E-state index in [1.54, 1.807) is 0 Å². The van der Waals surface area contributed by atoms with Crippen molar-refractivity contribution in [2.24, 2.45) is 0 Å². The molecule has 2 rings (SSSR count). The first-order valence-corrected chi connectivity index (χ1v) is 4.70. The first-order chi connectivity index (χ1) is 6.40. The van der Waals surface area contributed by atoms with Gasteiger partial charge >= 0.3 is 0 Å². The summed E-state index contributed by atoms with van der Waals surface area (Å²) in [5.74, 6) is 0. The van der Waals surface area contributed by atoms with E-state index in [1.165, 1.54) is 11.7 Å². The summed E-state index contributed by atoms with van der Waals surface area (Å²) >= 11 is 1.21. The molecule has 0 spiro atoms. The van der Waals surface area contributed by atoms with Gasteiger partial charge in [-0.2, -0.15) is 8.75 Å². The zero-order valence-electron chi connectivity index (χ0n) is 6.90. The minimum absolute atomic E-state index is 0.132. The van der Waals surface area contributed by atoms with Crippen LogP contribution in [0.4, 0.5) is 5.69 Å². The highest BCUT2D eigenvalue weighted by Gasteiger charge is 1.98. The first-order valence-electron chi connectivity index (χ1n) is 3.97. The predicted molar refractivity (Wildman–Crippen MR) is 53.0 cm³/mol. The lowest BCUT2D eigenvalue weighted by atomic mass is 10.3. The van der Waals surface area contributed by atoms with Crippen molar-refractivity contribution < 1.29 is 5.11 Å². The van der Waals surface area contributed by atoms with Crippen LogP contribution in [0.3, 0.4) is 0 Å². The Morgan fingerprint density at radius 2 is 2.15 bits per heavy atom. The van der Waals surface area contributed by atoms with E-state index in [2.05, 4.69) is 14.1 Å². The molecule has 5 heteroatoms. The third kappa shape index (κ3) is 1.76. The Morgan fingerprint density at radius 3 is 3.00 bits per heavy atom. The molecule has 0 unspecified atom stereocenters. The average molecular weight is 195 g/mol. The maximum absolute atomic E-state index is 8.61. The second-order valence-electron chi connectivity index (χ2n) is 2.62. The van der Waals surface area contributed by atoms with Gasteiger partial charge in [0, 0.05) is 12.2 Å². The number of fused-ring (bicyclic) bond motifs is 1. The van der Waals surface area contributed by atoms with Crippen LogP contribution in [0.25, 0.3) is 11.0 Å². The maximum Gasteiger partial charge on any atom is 0.106 e. The van der Waals surface area contributed by atoms with Gasteiger partial charge in [0.15, 0.2) is 0 Å². The van der Waals surface area contributed by atoms with Crippen molar-refractivity contribution in [2.75, 3.05) is 18.5 Å². The number of hydrogen-bond donors (Lipinski definition) is 2. The molecule has 0 bridgehead atoms. The molecule has 0 fully saturated rings. The van der Waals surface area contributed by atoms with Crippen LogP contribution in [0, 0.1) is 0 Å². The monoisotopic (exact) mass is 195 g/mol. The van der Waals surface area contributed by atoms with Crippen LogP contribution >= 0.6 is 11.7 Å². The molecule has 0 amide bonds. The number of anilines is 1. The number of aliphatic hydroxyl groups excluding tert-OH is 1. The van der Waals surface area contributed by atoms with E-state index in [9.17, 15) is 0 Å². The van der Waals surface area contributed by atoms with E-state index in [0.29, 0.717) is 6.54 Å². The Bertz CT molecular complexity index is 401. The molecule has 4 nitrogen and oxygen atoms in total. The van der Waals surface area contributed by atoms with E-state index in [4.69, 9.17) is 5.11 Å². The van der Waals surface area contributed by atoms with Crippen molar-refractivity contribution in [2.45, 2.75) is 0 Å². The molecule has 0 saturated carbocycles. The van der Waals surface area contributed by atoms with Crippen LogP contribution in [0.5, 0.6) is 0 Å². The molecule has 2 aromatic rings. The second-order valence-corrected chi connectivity index (χ2v) is 3.15. The standard InChI is InChI=1S/C8H9N3OS/c12-4-3-9-6-1-2-7-8(5-6)11-13-10-7/h1-2,5,9,12H,3-4H2. The van der Waals surface area contributed by atoms with E-state index in [0.717, 1.165) is 16.7 Å². The van der Waals surface area contributed by atoms with Gasteiger partial charge in [-0.25, -0.2) is 0 Å². The van der Waals surface area contributed by atoms with E-state index >= 15 is 0 Å². The molecule has 1 aromatic carbocycles. The summed E-state index contributed by atoms with van der Waals surface area (Å²) in [5.41, 5.74) is 2.78. The van der Waals surface area contributed by atoms with Crippen molar-refractivity contribution in [3.63, 3.8) is 0 Å². The van der Waals surface area contributed by atoms with Gasteiger partial charge in [0.05, 0.1) is 18.3 Å². The Morgan fingerprint density at radius 1 is 1.31 bits per heavy atom. The highest BCUT2D eigenvalue weighted by molar-refractivity contribution is 7.00. The quantitative estimate of drug-likeness (QED) is 0.770. The highest BCUT2D eigenvalue weighted by Crippen LogP contribution is 2.16. The molecule has 0 atom stereocenters. The molecule has 0 aliphatic heterocycles. The molecule has 0 saturated heterocycles. The van der Waals surface area contributed by atoms with Gasteiger partial charge in [0.2, 0.25) is 0 Å². The summed E-state index contributed by atoms with van der Waals surface area (Å²) < 4.78 is 8.21. The number of hydrogen-bond acceptors (Lipinski definition) is 5. The van der Waals surface area contributed by atoms with Crippen molar-refractivity contribution >= 4 is 28.4 Å². The molecular formula is C8H9N3OS. The Labute approximate surface area is 79.5 Å². The third-order valence-corrected chi connectivity index (χ3v) is 2.25. The van der Waals surface area contributed by atoms with Gasteiger partial charge < -0.3 is 10.4 Å². The van der Waals surface area contributed by atoms with E-state index in [-0.39, 0.29) is 6.61 Å². The van der Waals surface area contributed by atoms with Crippen LogP contribution in [-0.2, 0) is 0 Å². The number of rotatable bonds is 3. The summed E-state index contributed by atoms with van der Waals surface area (Å²) in [4.78, 5) is 0. The lowest BCUT2D eigenvalue weighted by Gasteiger charge is -2.02. The van der Waals surface area contributed by atoms with Gasteiger partial charge in [-0.05, 0) is 18.2 Å². The van der Waals surface area contributed by atoms with Gasteiger partial charge in [0.25, 0.3) is 0 Å². The van der Waals surface area contributed by atoms with Gasteiger partial charge in [-0.15, -0.1) is 0 Å². The van der Waals surface area contributed by atoms with Crippen LogP contribution in [0.1, 0.15) is 0 Å². The molecule has 0 aliphatic rings. The maximum atomic E-state index is 8.61. The minimum atomic E-state index is 0.132. The number of aromatic nitrogens is 2. The topological polar surface area (TPSA) is 58.0 Å². The van der Waals surface area contributed by atoms with Crippen LogP contribution < -0.4 is 5.32 Å². The molecule has 13 heavy (non-hydrogen) atoms. The Kier molecular flexibility index (Phi) is 2.37. The molecule has 1 aromatic heterocycles. The van der Waals surface area contributed by atoms with Gasteiger partial charge in [-0.3, -0.25) is 0 Å². The number of benzene rings is 1. The van der Waals surface area contributed by atoms with Crippen molar-refractivity contribution in [3.05, 3.63) is 18.2 Å². The largest absolute Gasteiger partial charge is 0.395 e.